The Balaban J connectivity index is 0. The van der Waals surface area contributed by atoms with Crippen molar-refractivity contribution in [3.63, 3.8) is 0 Å². The molecule has 6 N–H and O–H groups in total. The summed E-state index contributed by atoms with van der Waals surface area (Å²) in [7, 11) is 0. The molecule has 0 fully saturated rings. The van der Waals surface area contributed by atoms with E-state index < -0.39 is 31.0 Å². The number of unbranched alkanes of at least 4 members (excludes halogenated alkanes) is 9. The fraction of sp³-hybridized carbons (Fsp3) is 0.944. The number of carbonyl (C=O) groups is 1. The Morgan fingerprint density at radius 2 is 1.16 bits per heavy atom. The van der Waals surface area contributed by atoms with Gasteiger partial charge in [0.1, 0.15) is 24.4 Å². The van der Waals surface area contributed by atoms with Crippen LogP contribution in [0.15, 0.2) is 0 Å². The Morgan fingerprint density at radius 3 is 1.52 bits per heavy atom. The van der Waals surface area contributed by atoms with Gasteiger partial charge >= 0.3 is 0 Å². The SMILES string of the molecule is CCCCCCCCCCCCO.O=C[C@H](O)[C@@H](O)[C@H](O)[C@H](O)CO. The Kier molecular flexibility index (Phi) is 21.1. The number of aldehydes is 1. The summed E-state index contributed by atoms with van der Waals surface area (Å²) in [6, 6.07) is 0. The van der Waals surface area contributed by atoms with Gasteiger partial charge in [0.15, 0.2) is 6.29 Å². The maximum Gasteiger partial charge on any atom is 0.151 e. The van der Waals surface area contributed by atoms with Gasteiger partial charge in [-0.25, -0.2) is 0 Å². The van der Waals surface area contributed by atoms with Gasteiger partial charge in [0.2, 0.25) is 0 Å². The van der Waals surface area contributed by atoms with E-state index in [9.17, 15) is 4.79 Å². The van der Waals surface area contributed by atoms with E-state index in [2.05, 4.69) is 6.92 Å². The fourth-order valence-corrected chi connectivity index (χ4v) is 2.22. The van der Waals surface area contributed by atoms with Gasteiger partial charge in [-0.3, -0.25) is 0 Å². The van der Waals surface area contributed by atoms with Crippen molar-refractivity contribution in [1.82, 2.24) is 0 Å². The molecular formula is C18H38O7. The topological polar surface area (TPSA) is 138 Å². The zero-order chi connectivity index (χ0) is 19.5. The molecular weight excluding hydrogens is 328 g/mol. The lowest BCUT2D eigenvalue weighted by molar-refractivity contribution is -0.136. The number of aliphatic hydroxyl groups excluding tert-OH is 6. The van der Waals surface area contributed by atoms with Gasteiger partial charge in [0.25, 0.3) is 0 Å². The van der Waals surface area contributed by atoms with E-state index in [1.807, 2.05) is 0 Å². The van der Waals surface area contributed by atoms with Crippen molar-refractivity contribution in [2.45, 2.75) is 95.5 Å². The molecule has 0 aliphatic heterocycles. The van der Waals surface area contributed by atoms with Crippen molar-refractivity contribution in [3.8, 4) is 0 Å². The minimum absolute atomic E-state index is 0.0258. The van der Waals surface area contributed by atoms with E-state index in [1.165, 1.54) is 57.8 Å². The summed E-state index contributed by atoms with van der Waals surface area (Å²) in [4.78, 5) is 9.90. The molecule has 0 amide bonds. The molecule has 0 saturated heterocycles. The number of hydrogen-bond acceptors (Lipinski definition) is 7. The molecule has 0 aliphatic carbocycles. The first-order valence-corrected chi connectivity index (χ1v) is 9.35. The highest BCUT2D eigenvalue weighted by molar-refractivity contribution is 5.56. The summed E-state index contributed by atoms with van der Waals surface area (Å²) in [6.45, 7) is 1.87. The predicted molar refractivity (Wildman–Crippen MR) is 96.1 cm³/mol. The van der Waals surface area contributed by atoms with Crippen LogP contribution in [0.25, 0.3) is 0 Å². The van der Waals surface area contributed by atoms with Crippen LogP contribution in [0.1, 0.15) is 71.1 Å². The first-order valence-electron chi connectivity index (χ1n) is 9.35. The van der Waals surface area contributed by atoms with E-state index in [0.717, 1.165) is 6.42 Å². The molecule has 0 heterocycles. The zero-order valence-corrected chi connectivity index (χ0v) is 15.5. The van der Waals surface area contributed by atoms with E-state index in [-0.39, 0.29) is 6.29 Å². The molecule has 0 aliphatic rings. The summed E-state index contributed by atoms with van der Waals surface area (Å²) in [5.41, 5.74) is 0. The summed E-state index contributed by atoms with van der Waals surface area (Å²) in [5.74, 6) is 0. The van der Waals surface area contributed by atoms with Crippen LogP contribution in [0.2, 0.25) is 0 Å². The molecule has 7 nitrogen and oxygen atoms in total. The molecule has 152 valence electrons. The minimum Gasteiger partial charge on any atom is -0.396 e. The van der Waals surface area contributed by atoms with Crippen LogP contribution >= 0.6 is 0 Å². The average Bonchev–Trinajstić information content (AvgIpc) is 2.64. The van der Waals surface area contributed by atoms with E-state index in [1.54, 1.807) is 0 Å². The lowest BCUT2D eigenvalue weighted by Crippen LogP contribution is -2.46. The molecule has 0 saturated carbocycles. The highest BCUT2D eigenvalue weighted by Gasteiger charge is 2.29. The van der Waals surface area contributed by atoms with Crippen LogP contribution < -0.4 is 0 Å². The summed E-state index contributed by atoms with van der Waals surface area (Å²) < 4.78 is 0. The highest BCUT2D eigenvalue weighted by Crippen LogP contribution is 2.10. The first-order chi connectivity index (χ1) is 12.0. The maximum atomic E-state index is 9.90. The molecule has 0 aromatic heterocycles. The number of aliphatic hydroxyl groups is 6. The standard InChI is InChI=1S/C12H26O.C6H12O6/c1-2-3-4-5-6-7-8-9-10-11-12-13;7-1-3(9)5(11)6(12)4(10)2-8/h13H,2-12H2,1H3;1,3-6,8-12H,2H2/t;3-,4+,5+,6+/m.0/s1. The van der Waals surface area contributed by atoms with Crippen molar-refractivity contribution in [2.24, 2.45) is 0 Å². The third-order valence-electron chi connectivity index (χ3n) is 3.93. The Hall–Kier alpha value is -0.570. The molecule has 0 rings (SSSR count). The Labute approximate surface area is 151 Å². The minimum atomic E-state index is -1.79. The lowest BCUT2D eigenvalue weighted by atomic mass is 10.0. The second-order valence-corrected chi connectivity index (χ2v) is 6.26. The molecule has 0 spiro atoms. The smallest absolute Gasteiger partial charge is 0.151 e. The van der Waals surface area contributed by atoms with Gasteiger partial charge in [-0.1, -0.05) is 64.7 Å². The Bertz CT molecular complexity index is 266. The molecule has 7 heteroatoms. The van der Waals surface area contributed by atoms with E-state index in [4.69, 9.17) is 30.6 Å². The third kappa shape index (κ3) is 16.6. The lowest BCUT2D eigenvalue weighted by Gasteiger charge is -2.22. The number of carbonyl (C=O) groups excluding carboxylic acids is 1. The van der Waals surface area contributed by atoms with Crippen LogP contribution in [0.5, 0.6) is 0 Å². The van der Waals surface area contributed by atoms with Crippen molar-refractivity contribution < 1.29 is 35.4 Å². The van der Waals surface area contributed by atoms with Crippen LogP contribution in [0.3, 0.4) is 0 Å². The number of rotatable bonds is 15. The monoisotopic (exact) mass is 366 g/mol. The summed E-state index contributed by atoms with van der Waals surface area (Å²) >= 11 is 0. The zero-order valence-electron chi connectivity index (χ0n) is 15.5. The second-order valence-electron chi connectivity index (χ2n) is 6.26. The quantitative estimate of drug-likeness (QED) is 0.183. The second kappa shape index (κ2) is 19.8. The van der Waals surface area contributed by atoms with Crippen molar-refractivity contribution >= 4 is 6.29 Å². The van der Waals surface area contributed by atoms with Gasteiger partial charge in [-0.15, -0.1) is 0 Å². The van der Waals surface area contributed by atoms with Crippen molar-refractivity contribution in [3.05, 3.63) is 0 Å². The summed E-state index contributed by atoms with van der Waals surface area (Å²) in [6.07, 6.45) is 6.46. The van der Waals surface area contributed by atoms with Crippen LogP contribution in [0.4, 0.5) is 0 Å². The average molecular weight is 366 g/mol. The first kappa shape index (κ1) is 26.7. The highest BCUT2D eigenvalue weighted by atomic mass is 16.4. The van der Waals surface area contributed by atoms with E-state index in [0.29, 0.717) is 6.61 Å². The molecule has 0 unspecified atom stereocenters. The van der Waals surface area contributed by atoms with Crippen molar-refractivity contribution in [1.29, 1.82) is 0 Å². The molecule has 25 heavy (non-hydrogen) atoms. The van der Waals surface area contributed by atoms with Gasteiger partial charge in [-0.2, -0.15) is 0 Å². The van der Waals surface area contributed by atoms with Crippen molar-refractivity contribution in [2.75, 3.05) is 13.2 Å². The maximum absolute atomic E-state index is 9.90. The number of hydrogen-bond donors (Lipinski definition) is 6. The molecule has 4 atom stereocenters. The normalized spacial score (nSPS) is 15.6. The molecule has 0 aromatic carbocycles. The van der Waals surface area contributed by atoms with Gasteiger partial charge in [0, 0.05) is 6.61 Å². The van der Waals surface area contributed by atoms with Crippen LogP contribution in [0, 0.1) is 0 Å². The van der Waals surface area contributed by atoms with Gasteiger partial charge < -0.3 is 35.4 Å². The molecule has 0 aromatic rings. The largest absolute Gasteiger partial charge is 0.396 e. The van der Waals surface area contributed by atoms with Gasteiger partial charge in [0.05, 0.1) is 6.61 Å². The van der Waals surface area contributed by atoms with Crippen LogP contribution in [-0.2, 0) is 4.79 Å². The Morgan fingerprint density at radius 1 is 0.720 bits per heavy atom. The third-order valence-corrected chi connectivity index (χ3v) is 3.93. The predicted octanol–water partition coefficient (Wildman–Crippen LogP) is 0.521. The molecule has 0 bridgehead atoms. The fourth-order valence-electron chi connectivity index (χ4n) is 2.22. The molecule has 0 radical (unpaired) electrons. The van der Waals surface area contributed by atoms with Crippen LogP contribution in [-0.4, -0.2) is 74.6 Å². The summed E-state index contributed by atoms with van der Waals surface area (Å²) in [5, 5.41) is 52.1. The van der Waals surface area contributed by atoms with E-state index >= 15 is 0 Å². The van der Waals surface area contributed by atoms with Gasteiger partial charge in [-0.05, 0) is 6.42 Å².